The number of nitrogens with one attached hydrogen (secondary N) is 1. The van der Waals surface area contributed by atoms with Gasteiger partial charge in [-0.2, -0.15) is 0 Å². The van der Waals surface area contributed by atoms with Gasteiger partial charge in [0.1, 0.15) is 0 Å². The van der Waals surface area contributed by atoms with Crippen LogP contribution in [0.1, 0.15) is 23.6 Å². The van der Waals surface area contributed by atoms with E-state index in [0.717, 1.165) is 17.8 Å². The molecule has 0 aliphatic rings. The molecule has 0 unspecified atom stereocenters. The van der Waals surface area contributed by atoms with Gasteiger partial charge < -0.3 is 16.2 Å². The molecule has 0 heterocycles. The van der Waals surface area contributed by atoms with Crippen LogP contribution in [0.3, 0.4) is 0 Å². The van der Waals surface area contributed by atoms with E-state index in [1.54, 1.807) is 0 Å². The van der Waals surface area contributed by atoms with Crippen LogP contribution >= 0.6 is 0 Å². The Morgan fingerprint density at radius 3 is 2.32 bits per heavy atom. The summed E-state index contributed by atoms with van der Waals surface area (Å²) >= 11 is 0. The molecule has 0 spiro atoms. The van der Waals surface area contributed by atoms with Crippen LogP contribution in [-0.2, 0) is 6.54 Å². The molecule has 2 aromatic rings. The Balaban J connectivity index is 1.92. The molecule has 0 aromatic heterocycles. The summed E-state index contributed by atoms with van der Waals surface area (Å²) in [6.07, 6.45) is 0.594. The largest absolute Gasteiger partial charge is 0.396 e. The number of rotatable bonds is 6. The Labute approximate surface area is 114 Å². The second-order valence-electron chi connectivity index (χ2n) is 4.58. The molecule has 0 saturated heterocycles. The van der Waals surface area contributed by atoms with Gasteiger partial charge in [0.2, 0.25) is 0 Å². The van der Waals surface area contributed by atoms with Gasteiger partial charge >= 0.3 is 0 Å². The Kier molecular flexibility index (Phi) is 4.95. The Morgan fingerprint density at radius 1 is 1.00 bits per heavy atom. The Bertz CT molecular complexity index is 482. The van der Waals surface area contributed by atoms with E-state index >= 15 is 0 Å². The van der Waals surface area contributed by atoms with Crippen LogP contribution in [-0.4, -0.2) is 11.7 Å². The van der Waals surface area contributed by atoms with E-state index in [1.165, 1.54) is 5.56 Å². The summed E-state index contributed by atoms with van der Waals surface area (Å²) in [6, 6.07) is 18.2. The van der Waals surface area contributed by atoms with E-state index in [1.807, 2.05) is 42.5 Å². The summed E-state index contributed by atoms with van der Waals surface area (Å²) in [4.78, 5) is 0. The van der Waals surface area contributed by atoms with Crippen LogP contribution in [0, 0.1) is 0 Å². The summed E-state index contributed by atoms with van der Waals surface area (Å²) in [5.74, 6) is 0. The van der Waals surface area contributed by atoms with Crippen molar-refractivity contribution in [3.05, 3.63) is 65.7 Å². The van der Waals surface area contributed by atoms with Crippen molar-refractivity contribution in [3.8, 4) is 0 Å². The molecule has 3 heteroatoms. The number of hydrogen-bond acceptors (Lipinski definition) is 3. The maximum absolute atomic E-state index is 8.87. The second kappa shape index (κ2) is 6.92. The number of aliphatic hydroxyl groups excluding tert-OH is 1. The summed E-state index contributed by atoms with van der Waals surface area (Å²) in [6.45, 7) is 0.929. The molecule has 2 rings (SSSR count). The van der Waals surface area contributed by atoms with E-state index in [2.05, 4.69) is 17.4 Å². The van der Waals surface area contributed by atoms with E-state index in [9.17, 15) is 0 Å². The lowest BCUT2D eigenvalue weighted by Gasteiger charge is -2.12. The van der Waals surface area contributed by atoms with Crippen molar-refractivity contribution in [1.29, 1.82) is 0 Å². The average molecular weight is 256 g/mol. The van der Waals surface area contributed by atoms with Crippen LogP contribution in [0.25, 0.3) is 0 Å². The van der Waals surface area contributed by atoms with E-state index in [0.29, 0.717) is 6.42 Å². The SMILES string of the molecule is N[C@H](CCO)c1ccc(NCc2ccccc2)cc1. The molecule has 100 valence electrons. The van der Waals surface area contributed by atoms with Crippen LogP contribution in [0.4, 0.5) is 5.69 Å². The van der Waals surface area contributed by atoms with Crippen molar-refractivity contribution in [2.24, 2.45) is 5.73 Å². The molecule has 0 fully saturated rings. The normalized spacial score (nSPS) is 12.1. The first-order valence-electron chi connectivity index (χ1n) is 6.54. The van der Waals surface area contributed by atoms with E-state index < -0.39 is 0 Å². The maximum Gasteiger partial charge on any atom is 0.0449 e. The van der Waals surface area contributed by atoms with Gasteiger partial charge in [-0.15, -0.1) is 0 Å². The molecule has 2 aromatic carbocycles. The van der Waals surface area contributed by atoms with Gasteiger partial charge in [-0.3, -0.25) is 0 Å². The van der Waals surface area contributed by atoms with Gasteiger partial charge in [-0.1, -0.05) is 42.5 Å². The molecule has 3 nitrogen and oxygen atoms in total. The van der Waals surface area contributed by atoms with Crippen LogP contribution < -0.4 is 11.1 Å². The number of anilines is 1. The summed E-state index contributed by atoms with van der Waals surface area (Å²) in [5.41, 5.74) is 9.32. The Hall–Kier alpha value is -1.84. The fourth-order valence-corrected chi connectivity index (χ4v) is 1.95. The highest BCUT2D eigenvalue weighted by molar-refractivity contribution is 5.45. The zero-order valence-electron chi connectivity index (χ0n) is 10.9. The molecule has 0 amide bonds. The van der Waals surface area contributed by atoms with Gasteiger partial charge in [-0.05, 0) is 29.7 Å². The molecule has 0 saturated carbocycles. The third-order valence-electron chi connectivity index (χ3n) is 3.12. The standard InChI is InChI=1S/C16H20N2O/c17-16(10-11-19)14-6-8-15(9-7-14)18-12-13-4-2-1-3-5-13/h1-9,16,18-19H,10-12,17H2/t16-/m1/s1. The van der Waals surface area contributed by atoms with Crippen molar-refractivity contribution in [1.82, 2.24) is 0 Å². The van der Waals surface area contributed by atoms with Gasteiger partial charge in [-0.25, -0.2) is 0 Å². The van der Waals surface area contributed by atoms with Crippen molar-refractivity contribution in [2.45, 2.75) is 19.0 Å². The van der Waals surface area contributed by atoms with E-state index in [4.69, 9.17) is 10.8 Å². The first-order chi connectivity index (χ1) is 9.29. The predicted octanol–water partition coefficient (Wildman–Crippen LogP) is 2.68. The third-order valence-corrected chi connectivity index (χ3v) is 3.12. The highest BCUT2D eigenvalue weighted by atomic mass is 16.3. The van der Waals surface area contributed by atoms with Gasteiger partial charge in [0.25, 0.3) is 0 Å². The minimum Gasteiger partial charge on any atom is -0.396 e. The molecule has 0 aliphatic heterocycles. The fraction of sp³-hybridized carbons (Fsp3) is 0.250. The molecule has 1 atom stereocenters. The molecular weight excluding hydrogens is 236 g/mol. The van der Waals surface area contributed by atoms with Gasteiger partial charge in [0, 0.05) is 24.9 Å². The topological polar surface area (TPSA) is 58.3 Å². The van der Waals surface area contributed by atoms with Crippen LogP contribution in [0.5, 0.6) is 0 Å². The lowest BCUT2D eigenvalue weighted by atomic mass is 10.0. The summed E-state index contributed by atoms with van der Waals surface area (Å²) in [5, 5.41) is 12.2. The second-order valence-corrected chi connectivity index (χ2v) is 4.58. The van der Waals surface area contributed by atoms with Gasteiger partial charge in [0.15, 0.2) is 0 Å². The van der Waals surface area contributed by atoms with Gasteiger partial charge in [0.05, 0.1) is 0 Å². The lowest BCUT2D eigenvalue weighted by molar-refractivity contribution is 0.276. The minimum atomic E-state index is -0.0897. The highest BCUT2D eigenvalue weighted by Gasteiger charge is 2.04. The molecule has 0 aliphatic carbocycles. The minimum absolute atomic E-state index is 0.0897. The lowest BCUT2D eigenvalue weighted by Crippen LogP contribution is -2.11. The molecule has 19 heavy (non-hydrogen) atoms. The first kappa shape index (κ1) is 13.6. The third kappa shape index (κ3) is 4.09. The Morgan fingerprint density at radius 2 is 1.68 bits per heavy atom. The molecule has 0 bridgehead atoms. The van der Waals surface area contributed by atoms with Crippen molar-refractivity contribution in [3.63, 3.8) is 0 Å². The highest BCUT2D eigenvalue weighted by Crippen LogP contribution is 2.17. The fourth-order valence-electron chi connectivity index (χ4n) is 1.95. The van der Waals surface area contributed by atoms with Crippen LogP contribution in [0.2, 0.25) is 0 Å². The quantitative estimate of drug-likeness (QED) is 0.744. The number of nitrogens with two attached hydrogens (primary N) is 1. The van der Waals surface area contributed by atoms with Crippen LogP contribution in [0.15, 0.2) is 54.6 Å². The number of benzene rings is 2. The van der Waals surface area contributed by atoms with Crippen molar-refractivity contribution >= 4 is 5.69 Å². The molecular formula is C16H20N2O. The molecule has 0 radical (unpaired) electrons. The van der Waals surface area contributed by atoms with Crippen molar-refractivity contribution < 1.29 is 5.11 Å². The number of aliphatic hydroxyl groups is 1. The monoisotopic (exact) mass is 256 g/mol. The summed E-state index contributed by atoms with van der Waals surface area (Å²) < 4.78 is 0. The summed E-state index contributed by atoms with van der Waals surface area (Å²) in [7, 11) is 0. The zero-order valence-corrected chi connectivity index (χ0v) is 10.9. The molecule has 4 N–H and O–H groups in total. The first-order valence-corrected chi connectivity index (χ1v) is 6.54. The maximum atomic E-state index is 8.87. The number of hydrogen-bond donors (Lipinski definition) is 3. The van der Waals surface area contributed by atoms with E-state index in [-0.39, 0.29) is 12.6 Å². The zero-order chi connectivity index (χ0) is 13.5. The average Bonchev–Trinajstić information content (AvgIpc) is 2.47. The predicted molar refractivity (Wildman–Crippen MR) is 78.8 cm³/mol. The van der Waals surface area contributed by atoms with Crippen molar-refractivity contribution in [2.75, 3.05) is 11.9 Å². The smallest absolute Gasteiger partial charge is 0.0449 e.